The van der Waals surface area contributed by atoms with E-state index >= 15 is 0 Å². The first-order chi connectivity index (χ1) is 9.74. The van der Waals surface area contributed by atoms with Crippen molar-refractivity contribution in [1.82, 2.24) is 0 Å². The summed E-state index contributed by atoms with van der Waals surface area (Å²) in [6, 6.07) is 20.8. The molecule has 0 aliphatic carbocycles. The molecule has 0 bridgehead atoms. The van der Waals surface area contributed by atoms with Crippen LogP contribution in [0.25, 0.3) is 10.8 Å². The van der Waals surface area contributed by atoms with Crippen molar-refractivity contribution in [1.29, 1.82) is 0 Å². The van der Waals surface area contributed by atoms with Gasteiger partial charge in [-0.25, -0.2) is 0 Å². The van der Waals surface area contributed by atoms with E-state index in [-0.39, 0.29) is 0 Å². The van der Waals surface area contributed by atoms with Gasteiger partial charge in [0, 0.05) is 4.47 Å². The van der Waals surface area contributed by atoms with Gasteiger partial charge in [-0.1, -0.05) is 64.5 Å². The van der Waals surface area contributed by atoms with Gasteiger partial charge in [0.1, 0.15) is 12.4 Å². The van der Waals surface area contributed by atoms with Crippen molar-refractivity contribution in [3.05, 3.63) is 76.3 Å². The van der Waals surface area contributed by atoms with E-state index in [1.807, 2.05) is 12.1 Å². The van der Waals surface area contributed by atoms with Gasteiger partial charge in [-0.3, -0.25) is 0 Å². The first-order valence-corrected chi connectivity index (χ1v) is 7.39. The molecule has 100 valence electrons. The molecule has 0 N–H and O–H groups in total. The fraction of sp³-hybridized carbons (Fsp3) is 0.111. The molecule has 0 aliphatic rings. The number of fused-ring (bicyclic) bond motifs is 1. The molecular weight excluding hydrogens is 312 g/mol. The Morgan fingerprint density at radius 3 is 2.65 bits per heavy atom. The van der Waals surface area contributed by atoms with Crippen LogP contribution in [0.4, 0.5) is 0 Å². The Balaban J connectivity index is 1.89. The van der Waals surface area contributed by atoms with Crippen LogP contribution in [0.2, 0.25) is 0 Å². The SMILES string of the molecule is Cc1ccc(Br)cc1OCc1cccc2ccccc12. The van der Waals surface area contributed by atoms with Crippen LogP contribution in [0.1, 0.15) is 11.1 Å². The molecule has 0 spiro atoms. The number of halogens is 1. The van der Waals surface area contributed by atoms with Gasteiger partial charge in [-0.2, -0.15) is 0 Å². The highest BCUT2D eigenvalue weighted by Crippen LogP contribution is 2.25. The molecule has 0 saturated heterocycles. The maximum atomic E-state index is 5.98. The van der Waals surface area contributed by atoms with Crippen molar-refractivity contribution in [3.63, 3.8) is 0 Å². The monoisotopic (exact) mass is 326 g/mol. The number of aryl methyl sites for hydroxylation is 1. The Hall–Kier alpha value is -1.80. The summed E-state index contributed by atoms with van der Waals surface area (Å²) in [5.74, 6) is 0.923. The van der Waals surface area contributed by atoms with E-state index in [1.54, 1.807) is 0 Å². The van der Waals surface area contributed by atoms with Crippen LogP contribution in [0, 0.1) is 6.92 Å². The number of benzene rings is 3. The molecule has 2 heteroatoms. The third-order valence-electron chi connectivity index (χ3n) is 3.41. The smallest absolute Gasteiger partial charge is 0.123 e. The summed E-state index contributed by atoms with van der Waals surface area (Å²) < 4.78 is 7.02. The molecule has 0 radical (unpaired) electrons. The van der Waals surface area contributed by atoms with Crippen molar-refractivity contribution >= 4 is 26.7 Å². The first-order valence-electron chi connectivity index (χ1n) is 6.59. The molecule has 0 atom stereocenters. The molecule has 0 saturated carbocycles. The largest absolute Gasteiger partial charge is 0.489 e. The van der Waals surface area contributed by atoms with Crippen LogP contribution >= 0.6 is 15.9 Å². The van der Waals surface area contributed by atoms with E-state index in [0.717, 1.165) is 15.8 Å². The average Bonchev–Trinajstić information content (AvgIpc) is 2.48. The maximum Gasteiger partial charge on any atom is 0.123 e. The summed E-state index contributed by atoms with van der Waals surface area (Å²) in [6.45, 7) is 2.64. The lowest BCUT2D eigenvalue weighted by Gasteiger charge is -2.11. The Labute approximate surface area is 127 Å². The van der Waals surface area contributed by atoms with Gasteiger partial charge >= 0.3 is 0 Å². The zero-order valence-corrected chi connectivity index (χ0v) is 12.9. The van der Waals surface area contributed by atoms with E-state index in [0.29, 0.717) is 6.61 Å². The zero-order chi connectivity index (χ0) is 13.9. The highest BCUT2D eigenvalue weighted by Gasteiger charge is 2.04. The number of hydrogen-bond acceptors (Lipinski definition) is 1. The quantitative estimate of drug-likeness (QED) is 0.618. The van der Waals surface area contributed by atoms with Gasteiger partial charge < -0.3 is 4.74 Å². The molecule has 3 rings (SSSR count). The molecule has 0 amide bonds. The predicted molar refractivity (Wildman–Crippen MR) is 87.2 cm³/mol. The lowest BCUT2D eigenvalue weighted by Crippen LogP contribution is -1.97. The van der Waals surface area contributed by atoms with E-state index < -0.39 is 0 Å². The van der Waals surface area contributed by atoms with Crippen LogP contribution in [-0.2, 0) is 6.61 Å². The number of ether oxygens (including phenoxy) is 1. The standard InChI is InChI=1S/C18H15BrO/c1-13-9-10-16(19)11-18(13)20-12-15-7-4-6-14-5-2-3-8-17(14)15/h2-11H,12H2,1H3. The third-order valence-corrected chi connectivity index (χ3v) is 3.91. The lowest BCUT2D eigenvalue weighted by atomic mass is 10.1. The predicted octanol–water partition coefficient (Wildman–Crippen LogP) is 5.49. The second-order valence-corrected chi connectivity index (χ2v) is 5.75. The summed E-state index contributed by atoms with van der Waals surface area (Å²) in [6.07, 6.45) is 0. The van der Waals surface area contributed by atoms with Crippen LogP contribution in [0.5, 0.6) is 5.75 Å². The van der Waals surface area contributed by atoms with E-state index in [4.69, 9.17) is 4.74 Å². The molecular formula is C18H15BrO. The fourth-order valence-corrected chi connectivity index (χ4v) is 2.64. The summed E-state index contributed by atoms with van der Waals surface area (Å²) >= 11 is 3.48. The number of hydrogen-bond donors (Lipinski definition) is 0. The van der Waals surface area contributed by atoms with Crippen molar-refractivity contribution in [3.8, 4) is 5.75 Å². The van der Waals surface area contributed by atoms with Crippen molar-refractivity contribution in [2.45, 2.75) is 13.5 Å². The van der Waals surface area contributed by atoms with E-state index in [1.165, 1.54) is 16.3 Å². The van der Waals surface area contributed by atoms with Crippen LogP contribution in [0.15, 0.2) is 65.1 Å². The average molecular weight is 327 g/mol. The summed E-state index contributed by atoms with van der Waals surface area (Å²) in [7, 11) is 0. The topological polar surface area (TPSA) is 9.23 Å². The Morgan fingerprint density at radius 2 is 1.75 bits per heavy atom. The molecule has 0 fully saturated rings. The lowest BCUT2D eigenvalue weighted by molar-refractivity contribution is 0.305. The summed E-state index contributed by atoms with van der Waals surface area (Å²) in [5.41, 5.74) is 2.36. The minimum atomic E-state index is 0.582. The highest BCUT2D eigenvalue weighted by atomic mass is 79.9. The second kappa shape index (κ2) is 5.68. The minimum Gasteiger partial charge on any atom is -0.489 e. The van der Waals surface area contributed by atoms with Gasteiger partial charge in [-0.05, 0) is 41.0 Å². The van der Waals surface area contributed by atoms with Crippen LogP contribution in [0.3, 0.4) is 0 Å². The molecule has 0 aliphatic heterocycles. The van der Waals surface area contributed by atoms with Gasteiger partial charge in [0.2, 0.25) is 0 Å². The van der Waals surface area contributed by atoms with Crippen molar-refractivity contribution < 1.29 is 4.74 Å². The number of rotatable bonds is 3. The third kappa shape index (κ3) is 2.70. The second-order valence-electron chi connectivity index (χ2n) is 4.84. The molecule has 3 aromatic carbocycles. The van der Waals surface area contributed by atoms with E-state index in [9.17, 15) is 0 Å². The maximum absolute atomic E-state index is 5.98. The van der Waals surface area contributed by atoms with E-state index in [2.05, 4.69) is 71.4 Å². The highest BCUT2D eigenvalue weighted by molar-refractivity contribution is 9.10. The first kappa shape index (κ1) is 13.2. The zero-order valence-electron chi connectivity index (χ0n) is 11.3. The molecule has 0 heterocycles. The van der Waals surface area contributed by atoms with Crippen molar-refractivity contribution in [2.75, 3.05) is 0 Å². The molecule has 1 nitrogen and oxygen atoms in total. The Morgan fingerprint density at radius 1 is 0.950 bits per heavy atom. The molecule has 0 unspecified atom stereocenters. The van der Waals surface area contributed by atoms with Crippen LogP contribution < -0.4 is 4.74 Å². The normalized spacial score (nSPS) is 10.7. The van der Waals surface area contributed by atoms with Gasteiger partial charge in [0.15, 0.2) is 0 Å². The summed E-state index contributed by atoms with van der Waals surface area (Å²) in [5, 5.41) is 2.50. The van der Waals surface area contributed by atoms with Crippen LogP contribution in [-0.4, -0.2) is 0 Å². The Kier molecular flexibility index (Phi) is 3.75. The fourth-order valence-electron chi connectivity index (χ4n) is 2.30. The summed E-state index contributed by atoms with van der Waals surface area (Å²) in [4.78, 5) is 0. The molecule has 3 aromatic rings. The van der Waals surface area contributed by atoms with Crippen molar-refractivity contribution in [2.24, 2.45) is 0 Å². The van der Waals surface area contributed by atoms with Gasteiger partial charge in [-0.15, -0.1) is 0 Å². The van der Waals surface area contributed by atoms with Gasteiger partial charge in [0.25, 0.3) is 0 Å². The molecule has 0 aromatic heterocycles. The molecule has 20 heavy (non-hydrogen) atoms. The Bertz CT molecular complexity index is 744. The minimum absolute atomic E-state index is 0.582. The van der Waals surface area contributed by atoms with Gasteiger partial charge in [0.05, 0.1) is 0 Å².